The maximum absolute atomic E-state index is 12.6. The standard InChI is InChI=1S/C24H35N5O4/c1-17-7-9-18(10-8-17)15-20(30)29-13-11-28(12-14-29)16-19-25-21(27-33-19)24(5,6)26-22(31)32-23(2,3)4/h7-10H,11-16H2,1-6H3,(H,26,31). The Balaban J connectivity index is 1.48. The number of piperazine rings is 1. The first-order valence-corrected chi connectivity index (χ1v) is 11.3. The van der Waals surface area contributed by atoms with Crippen LogP contribution in [0.15, 0.2) is 28.8 Å². The largest absolute Gasteiger partial charge is 0.444 e. The van der Waals surface area contributed by atoms with Crippen molar-refractivity contribution in [2.45, 2.75) is 65.6 Å². The number of aromatic nitrogens is 2. The molecule has 1 saturated heterocycles. The Morgan fingerprint density at radius 3 is 2.30 bits per heavy atom. The van der Waals surface area contributed by atoms with Gasteiger partial charge in [0.2, 0.25) is 11.8 Å². The van der Waals surface area contributed by atoms with Gasteiger partial charge in [-0.2, -0.15) is 4.98 Å². The van der Waals surface area contributed by atoms with E-state index in [1.165, 1.54) is 5.56 Å². The van der Waals surface area contributed by atoms with Crippen molar-refractivity contribution in [1.82, 2.24) is 25.3 Å². The van der Waals surface area contributed by atoms with Crippen molar-refractivity contribution in [3.8, 4) is 0 Å². The molecule has 1 fully saturated rings. The van der Waals surface area contributed by atoms with Gasteiger partial charge in [-0.1, -0.05) is 35.0 Å². The van der Waals surface area contributed by atoms with Crippen molar-refractivity contribution in [3.63, 3.8) is 0 Å². The lowest BCUT2D eigenvalue weighted by Gasteiger charge is -2.34. The van der Waals surface area contributed by atoms with Gasteiger partial charge in [0, 0.05) is 26.2 Å². The molecule has 1 aliphatic heterocycles. The molecule has 1 N–H and O–H groups in total. The molecule has 9 heteroatoms. The van der Waals surface area contributed by atoms with E-state index in [4.69, 9.17) is 9.26 Å². The zero-order chi connectivity index (χ0) is 24.2. The molecule has 2 aromatic rings. The Morgan fingerprint density at radius 2 is 1.70 bits per heavy atom. The molecule has 0 aliphatic carbocycles. The molecule has 0 spiro atoms. The summed E-state index contributed by atoms with van der Waals surface area (Å²) in [7, 11) is 0. The van der Waals surface area contributed by atoms with Crippen LogP contribution in [0.5, 0.6) is 0 Å². The van der Waals surface area contributed by atoms with E-state index in [0.717, 1.165) is 18.7 Å². The molecule has 2 amide bonds. The Bertz CT molecular complexity index is 954. The summed E-state index contributed by atoms with van der Waals surface area (Å²) in [4.78, 5) is 33.3. The number of alkyl carbamates (subject to hydrolysis) is 1. The lowest BCUT2D eigenvalue weighted by atomic mass is 10.1. The van der Waals surface area contributed by atoms with Crippen molar-refractivity contribution >= 4 is 12.0 Å². The number of rotatable bonds is 6. The lowest BCUT2D eigenvalue weighted by Crippen LogP contribution is -2.48. The summed E-state index contributed by atoms with van der Waals surface area (Å²) in [6.45, 7) is 14.3. The van der Waals surface area contributed by atoms with Crippen LogP contribution in [-0.2, 0) is 28.0 Å². The van der Waals surface area contributed by atoms with Crippen molar-refractivity contribution < 1.29 is 18.8 Å². The smallest absolute Gasteiger partial charge is 0.408 e. The van der Waals surface area contributed by atoms with Crippen molar-refractivity contribution in [2.75, 3.05) is 26.2 Å². The number of hydrogen-bond acceptors (Lipinski definition) is 7. The number of hydrogen-bond donors (Lipinski definition) is 1. The summed E-state index contributed by atoms with van der Waals surface area (Å²) < 4.78 is 10.7. The molecule has 33 heavy (non-hydrogen) atoms. The number of carbonyl (C=O) groups is 2. The maximum atomic E-state index is 12.6. The van der Waals surface area contributed by atoms with Gasteiger partial charge in [-0.05, 0) is 47.1 Å². The predicted molar refractivity (Wildman–Crippen MR) is 123 cm³/mol. The van der Waals surface area contributed by atoms with Gasteiger partial charge in [0.15, 0.2) is 5.82 Å². The molecule has 0 bridgehead atoms. The Labute approximate surface area is 195 Å². The molecular weight excluding hydrogens is 422 g/mol. The van der Waals surface area contributed by atoms with Gasteiger partial charge in [-0.25, -0.2) is 4.79 Å². The van der Waals surface area contributed by atoms with Crippen LogP contribution < -0.4 is 5.32 Å². The highest BCUT2D eigenvalue weighted by Gasteiger charge is 2.31. The number of amides is 2. The van der Waals surface area contributed by atoms with Gasteiger partial charge < -0.3 is 19.5 Å². The number of nitrogens with one attached hydrogen (secondary N) is 1. The van der Waals surface area contributed by atoms with E-state index in [-0.39, 0.29) is 5.91 Å². The van der Waals surface area contributed by atoms with Crippen LogP contribution in [0.25, 0.3) is 0 Å². The van der Waals surface area contributed by atoms with Crippen molar-refractivity contribution in [3.05, 3.63) is 47.1 Å². The van der Waals surface area contributed by atoms with E-state index in [2.05, 4.69) is 20.4 Å². The first-order valence-electron chi connectivity index (χ1n) is 11.3. The Hall–Kier alpha value is -2.94. The summed E-state index contributed by atoms with van der Waals surface area (Å²) in [5.74, 6) is 1.01. The van der Waals surface area contributed by atoms with Crippen LogP contribution >= 0.6 is 0 Å². The third-order valence-corrected chi connectivity index (χ3v) is 5.40. The van der Waals surface area contributed by atoms with E-state index < -0.39 is 17.2 Å². The van der Waals surface area contributed by atoms with Crippen LogP contribution in [0, 0.1) is 6.92 Å². The summed E-state index contributed by atoms with van der Waals surface area (Å²) in [5.41, 5.74) is 0.791. The second kappa shape index (κ2) is 9.91. The van der Waals surface area contributed by atoms with Gasteiger partial charge in [0.1, 0.15) is 11.1 Å². The average Bonchev–Trinajstić information content (AvgIpc) is 3.18. The second-order valence-electron chi connectivity index (χ2n) is 10.1. The SMILES string of the molecule is Cc1ccc(CC(=O)N2CCN(Cc3nc(C(C)(C)NC(=O)OC(C)(C)C)no3)CC2)cc1. The first kappa shape index (κ1) is 24.7. The normalized spacial score (nSPS) is 15.4. The first-order chi connectivity index (χ1) is 15.4. The molecule has 0 unspecified atom stereocenters. The van der Waals surface area contributed by atoms with Crippen LogP contribution in [-0.4, -0.2) is 63.7 Å². The summed E-state index contributed by atoms with van der Waals surface area (Å²) >= 11 is 0. The fourth-order valence-electron chi connectivity index (χ4n) is 3.53. The predicted octanol–water partition coefficient (Wildman–Crippen LogP) is 3.02. The van der Waals surface area contributed by atoms with Crippen molar-refractivity contribution in [1.29, 1.82) is 0 Å². The molecule has 0 saturated carbocycles. The van der Waals surface area contributed by atoms with Crippen LogP contribution in [0.1, 0.15) is 57.5 Å². The third-order valence-electron chi connectivity index (χ3n) is 5.40. The van der Waals surface area contributed by atoms with Gasteiger partial charge in [-0.3, -0.25) is 9.69 Å². The molecule has 9 nitrogen and oxygen atoms in total. The second-order valence-corrected chi connectivity index (χ2v) is 10.1. The average molecular weight is 458 g/mol. The molecule has 180 valence electrons. The minimum atomic E-state index is -0.842. The van der Waals surface area contributed by atoms with Crippen LogP contribution in [0.3, 0.4) is 0 Å². The van der Waals surface area contributed by atoms with E-state index in [9.17, 15) is 9.59 Å². The molecule has 0 atom stereocenters. The zero-order valence-corrected chi connectivity index (χ0v) is 20.5. The highest BCUT2D eigenvalue weighted by molar-refractivity contribution is 5.78. The van der Waals surface area contributed by atoms with E-state index in [1.807, 2.05) is 56.9 Å². The molecular formula is C24H35N5O4. The van der Waals surface area contributed by atoms with Gasteiger partial charge in [0.05, 0.1) is 13.0 Å². The summed E-state index contributed by atoms with van der Waals surface area (Å²) in [5, 5.41) is 6.83. The van der Waals surface area contributed by atoms with Gasteiger partial charge >= 0.3 is 6.09 Å². The highest BCUT2D eigenvalue weighted by Crippen LogP contribution is 2.19. The van der Waals surface area contributed by atoms with Crippen LogP contribution in [0.4, 0.5) is 4.79 Å². The fraction of sp³-hybridized carbons (Fsp3) is 0.583. The minimum Gasteiger partial charge on any atom is -0.444 e. The third kappa shape index (κ3) is 7.28. The Kier molecular flexibility index (Phi) is 7.41. The molecule has 0 radical (unpaired) electrons. The van der Waals surface area contributed by atoms with E-state index in [1.54, 1.807) is 13.8 Å². The number of benzene rings is 1. The zero-order valence-electron chi connectivity index (χ0n) is 20.5. The number of nitrogens with zero attached hydrogens (tertiary/aromatic N) is 4. The fourth-order valence-corrected chi connectivity index (χ4v) is 3.53. The number of carbonyl (C=O) groups excluding carboxylic acids is 2. The van der Waals surface area contributed by atoms with Crippen molar-refractivity contribution in [2.24, 2.45) is 0 Å². The lowest BCUT2D eigenvalue weighted by molar-refractivity contribution is -0.132. The number of aryl methyl sites for hydroxylation is 1. The highest BCUT2D eigenvalue weighted by atomic mass is 16.6. The molecule has 1 aromatic heterocycles. The summed E-state index contributed by atoms with van der Waals surface area (Å²) in [6, 6.07) is 8.08. The minimum absolute atomic E-state index is 0.147. The number of ether oxygens (including phenoxy) is 1. The quantitative estimate of drug-likeness (QED) is 0.711. The van der Waals surface area contributed by atoms with E-state index >= 15 is 0 Å². The topological polar surface area (TPSA) is 101 Å². The van der Waals surface area contributed by atoms with Gasteiger partial charge in [0.25, 0.3) is 0 Å². The molecule has 1 aliphatic rings. The summed E-state index contributed by atoms with van der Waals surface area (Å²) in [6.07, 6.45) is -0.113. The molecule has 1 aromatic carbocycles. The maximum Gasteiger partial charge on any atom is 0.408 e. The van der Waals surface area contributed by atoms with Crippen LogP contribution in [0.2, 0.25) is 0 Å². The molecule has 2 heterocycles. The van der Waals surface area contributed by atoms with E-state index in [0.29, 0.717) is 37.8 Å². The van der Waals surface area contributed by atoms with Gasteiger partial charge in [-0.15, -0.1) is 0 Å². The molecule has 3 rings (SSSR count). The Morgan fingerprint density at radius 1 is 1.06 bits per heavy atom. The monoisotopic (exact) mass is 457 g/mol.